The van der Waals surface area contributed by atoms with Gasteiger partial charge in [0.25, 0.3) is 0 Å². The van der Waals surface area contributed by atoms with Crippen molar-refractivity contribution in [1.82, 2.24) is 4.31 Å². The van der Waals surface area contributed by atoms with Crippen molar-refractivity contribution in [1.29, 1.82) is 0 Å². The van der Waals surface area contributed by atoms with E-state index in [1.54, 1.807) is 12.1 Å². The van der Waals surface area contributed by atoms with Crippen LogP contribution in [0.25, 0.3) is 0 Å². The molecule has 0 aromatic heterocycles. The molecule has 1 aliphatic rings. The van der Waals surface area contributed by atoms with Crippen molar-refractivity contribution in [3.05, 3.63) is 29.8 Å². The summed E-state index contributed by atoms with van der Waals surface area (Å²) >= 11 is 0. The van der Waals surface area contributed by atoms with E-state index in [2.05, 4.69) is 0 Å². The van der Waals surface area contributed by atoms with Gasteiger partial charge in [-0.05, 0) is 38.8 Å². The zero-order valence-electron chi connectivity index (χ0n) is 10.6. The van der Waals surface area contributed by atoms with Gasteiger partial charge < -0.3 is 0 Å². The number of nitrogens with zero attached hydrogens (tertiary/aromatic N) is 1. The summed E-state index contributed by atoms with van der Waals surface area (Å²) in [7, 11) is -3.41. The molecule has 1 atom stereocenters. The Bertz CT molecular complexity index is 548. The van der Waals surface area contributed by atoms with Gasteiger partial charge in [0.05, 0.1) is 4.90 Å². The highest BCUT2D eigenvalue weighted by Crippen LogP contribution is 2.25. The van der Waals surface area contributed by atoms with Crippen LogP contribution in [0.15, 0.2) is 29.2 Å². The summed E-state index contributed by atoms with van der Waals surface area (Å²) in [5.41, 5.74) is 0.531. The van der Waals surface area contributed by atoms with E-state index in [-0.39, 0.29) is 16.7 Å². The number of carbonyl (C=O) groups excluding carboxylic acids is 1. The van der Waals surface area contributed by atoms with Crippen LogP contribution in [0.5, 0.6) is 0 Å². The number of Topliss-reactive ketones (excluding diaryl/α,β-unsaturated/α-hetero) is 1. The summed E-state index contributed by atoms with van der Waals surface area (Å²) in [5.74, 6) is -0.0616. The first-order chi connectivity index (χ1) is 8.43. The van der Waals surface area contributed by atoms with E-state index < -0.39 is 10.0 Å². The van der Waals surface area contributed by atoms with E-state index in [9.17, 15) is 13.2 Å². The number of ketones is 1. The minimum Gasteiger partial charge on any atom is -0.295 e. The predicted octanol–water partition coefficient (Wildman–Crippen LogP) is 2.06. The Hall–Kier alpha value is -1.20. The average molecular weight is 267 g/mol. The molecule has 2 rings (SSSR count). The van der Waals surface area contributed by atoms with Gasteiger partial charge in [-0.2, -0.15) is 4.31 Å². The Kier molecular flexibility index (Phi) is 3.54. The number of rotatable bonds is 3. The van der Waals surface area contributed by atoms with E-state index in [4.69, 9.17) is 0 Å². The molecule has 1 unspecified atom stereocenters. The van der Waals surface area contributed by atoms with Crippen molar-refractivity contribution in [2.45, 2.75) is 37.6 Å². The minimum atomic E-state index is -3.41. The topological polar surface area (TPSA) is 54.5 Å². The lowest BCUT2D eigenvalue weighted by atomic mass is 10.2. The molecular weight excluding hydrogens is 250 g/mol. The second kappa shape index (κ2) is 4.82. The Morgan fingerprint density at radius 2 is 1.89 bits per heavy atom. The maximum atomic E-state index is 12.4. The molecule has 1 aromatic rings. The highest BCUT2D eigenvalue weighted by molar-refractivity contribution is 7.89. The standard InChI is InChI=1S/C13H17NO3S/c1-10-4-3-9-14(10)18(16,17)13-7-5-12(6-8-13)11(2)15/h5-8,10H,3-4,9H2,1-2H3. The third kappa shape index (κ3) is 2.33. The summed E-state index contributed by atoms with van der Waals surface area (Å²) < 4.78 is 26.3. The molecule has 0 aliphatic carbocycles. The summed E-state index contributed by atoms with van der Waals surface area (Å²) in [6.07, 6.45) is 1.82. The molecule has 98 valence electrons. The molecule has 1 fully saturated rings. The number of carbonyl (C=O) groups is 1. The van der Waals surface area contributed by atoms with Gasteiger partial charge in [-0.15, -0.1) is 0 Å². The fourth-order valence-electron chi connectivity index (χ4n) is 2.26. The predicted molar refractivity (Wildman–Crippen MR) is 69.0 cm³/mol. The number of sulfonamides is 1. The van der Waals surface area contributed by atoms with Crippen LogP contribution in [0.2, 0.25) is 0 Å². The summed E-state index contributed by atoms with van der Waals surface area (Å²) in [4.78, 5) is 11.4. The zero-order chi connectivity index (χ0) is 13.3. The van der Waals surface area contributed by atoms with Crippen LogP contribution in [-0.4, -0.2) is 31.1 Å². The van der Waals surface area contributed by atoms with Crippen LogP contribution >= 0.6 is 0 Å². The number of hydrogen-bond acceptors (Lipinski definition) is 3. The lowest BCUT2D eigenvalue weighted by molar-refractivity contribution is 0.101. The zero-order valence-corrected chi connectivity index (χ0v) is 11.4. The number of hydrogen-bond donors (Lipinski definition) is 0. The molecule has 0 saturated carbocycles. The second-order valence-electron chi connectivity index (χ2n) is 4.69. The normalized spacial score (nSPS) is 21.1. The third-order valence-electron chi connectivity index (χ3n) is 3.36. The molecule has 0 bridgehead atoms. The Morgan fingerprint density at radius 3 is 2.33 bits per heavy atom. The van der Waals surface area contributed by atoms with Crippen LogP contribution in [0.3, 0.4) is 0 Å². The molecule has 5 heteroatoms. The van der Waals surface area contributed by atoms with Crippen LogP contribution in [0.4, 0.5) is 0 Å². The third-order valence-corrected chi connectivity index (χ3v) is 5.39. The molecule has 1 aliphatic heterocycles. The van der Waals surface area contributed by atoms with Crippen molar-refractivity contribution < 1.29 is 13.2 Å². The summed E-state index contributed by atoms with van der Waals surface area (Å²) in [5, 5.41) is 0. The van der Waals surface area contributed by atoms with E-state index in [0.717, 1.165) is 12.8 Å². The molecule has 1 heterocycles. The molecule has 1 saturated heterocycles. The van der Waals surface area contributed by atoms with Crippen LogP contribution < -0.4 is 0 Å². The molecular formula is C13H17NO3S. The average Bonchev–Trinajstić information content (AvgIpc) is 2.76. The van der Waals surface area contributed by atoms with Crippen LogP contribution in [-0.2, 0) is 10.0 Å². The fraction of sp³-hybridized carbons (Fsp3) is 0.462. The second-order valence-corrected chi connectivity index (χ2v) is 6.58. The van der Waals surface area contributed by atoms with E-state index in [0.29, 0.717) is 12.1 Å². The minimum absolute atomic E-state index is 0.0579. The monoisotopic (exact) mass is 267 g/mol. The van der Waals surface area contributed by atoms with Crippen molar-refractivity contribution in [3.63, 3.8) is 0 Å². The summed E-state index contributed by atoms with van der Waals surface area (Å²) in [6, 6.07) is 6.21. The van der Waals surface area contributed by atoms with E-state index in [1.165, 1.54) is 23.4 Å². The van der Waals surface area contributed by atoms with Gasteiger partial charge in [0.1, 0.15) is 0 Å². The van der Waals surface area contributed by atoms with Gasteiger partial charge >= 0.3 is 0 Å². The Labute approximate surface area is 108 Å². The first-order valence-electron chi connectivity index (χ1n) is 6.06. The highest BCUT2D eigenvalue weighted by atomic mass is 32.2. The van der Waals surface area contributed by atoms with Crippen LogP contribution in [0, 0.1) is 0 Å². The molecule has 18 heavy (non-hydrogen) atoms. The molecule has 1 aromatic carbocycles. The Balaban J connectivity index is 2.33. The van der Waals surface area contributed by atoms with Gasteiger partial charge in [-0.3, -0.25) is 4.79 Å². The molecule has 0 N–H and O–H groups in total. The van der Waals surface area contributed by atoms with Crippen molar-refractivity contribution in [3.8, 4) is 0 Å². The maximum Gasteiger partial charge on any atom is 0.243 e. The first-order valence-corrected chi connectivity index (χ1v) is 7.50. The van der Waals surface area contributed by atoms with Crippen LogP contribution in [0.1, 0.15) is 37.0 Å². The van der Waals surface area contributed by atoms with Gasteiger partial charge in [0.15, 0.2) is 5.78 Å². The van der Waals surface area contributed by atoms with E-state index >= 15 is 0 Å². The smallest absolute Gasteiger partial charge is 0.243 e. The largest absolute Gasteiger partial charge is 0.295 e. The van der Waals surface area contributed by atoms with Crippen molar-refractivity contribution >= 4 is 15.8 Å². The SMILES string of the molecule is CC(=O)c1ccc(S(=O)(=O)N2CCCC2C)cc1. The molecule has 0 radical (unpaired) electrons. The molecule has 0 amide bonds. The molecule has 4 nitrogen and oxygen atoms in total. The van der Waals surface area contributed by atoms with E-state index in [1.807, 2.05) is 6.92 Å². The lowest BCUT2D eigenvalue weighted by Gasteiger charge is -2.20. The van der Waals surface area contributed by atoms with Gasteiger partial charge in [-0.25, -0.2) is 8.42 Å². The highest BCUT2D eigenvalue weighted by Gasteiger charge is 2.32. The maximum absolute atomic E-state index is 12.4. The fourth-order valence-corrected chi connectivity index (χ4v) is 3.96. The quantitative estimate of drug-likeness (QED) is 0.788. The van der Waals surface area contributed by atoms with Gasteiger partial charge in [-0.1, -0.05) is 12.1 Å². The van der Waals surface area contributed by atoms with Gasteiger partial charge in [0.2, 0.25) is 10.0 Å². The van der Waals surface area contributed by atoms with Crippen molar-refractivity contribution in [2.75, 3.05) is 6.54 Å². The van der Waals surface area contributed by atoms with Crippen molar-refractivity contribution in [2.24, 2.45) is 0 Å². The first kappa shape index (κ1) is 13.2. The summed E-state index contributed by atoms with van der Waals surface area (Å²) in [6.45, 7) is 3.97. The lowest BCUT2D eigenvalue weighted by Crippen LogP contribution is -2.33. The molecule has 0 spiro atoms. The van der Waals surface area contributed by atoms with Gasteiger partial charge in [0, 0.05) is 18.2 Å². The Morgan fingerprint density at radius 1 is 1.28 bits per heavy atom. The number of benzene rings is 1.